The highest BCUT2D eigenvalue weighted by atomic mass is 15.1. The van der Waals surface area contributed by atoms with Crippen molar-refractivity contribution in [1.82, 2.24) is 14.9 Å². The predicted molar refractivity (Wildman–Crippen MR) is 66.4 cm³/mol. The van der Waals surface area contributed by atoms with Gasteiger partial charge in [0.25, 0.3) is 0 Å². The fourth-order valence-corrected chi connectivity index (χ4v) is 2.64. The summed E-state index contributed by atoms with van der Waals surface area (Å²) >= 11 is 0. The Hall–Kier alpha value is -0.830. The van der Waals surface area contributed by atoms with Crippen molar-refractivity contribution in [2.24, 2.45) is 5.41 Å². The van der Waals surface area contributed by atoms with Crippen LogP contribution >= 0.6 is 0 Å². The molecule has 1 atom stereocenters. The standard InChI is InChI=1S/C13H23N3/c1-11-14-6-8-16(11)9-7-15-12-4-5-13(2,3)10-12/h6,8,12,15H,4-5,7,9-10H2,1-3H3. The van der Waals surface area contributed by atoms with E-state index in [0.29, 0.717) is 5.41 Å². The van der Waals surface area contributed by atoms with Gasteiger partial charge in [0, 0.05) is 31.5 Å². The number of hydrogen-bond acceptors (Lipinski definition) is 2. The van der Waals surface area contributed by atoms with E-state index in [9.17, 15) is 0 Å². The van der Waals surface area contributed by atoms with Gasteiger partial charge in [-0.1, -0.05) is 13.8 Å². The van der Waals surface area contributed by atoms with Crippen molar-refractivity contribution in [2.45, 2.75) is 52.6 Å². The minimum atomic E-state index is 0.544. The molecule has 3 nitrogen and oxygen atoms in total. The third-order valence-corrected chi connectivity index (χ3v) is 3.68. The Morgan fingerprint density at radius 1 is 1.56 bits per heavy atom. The van der Waals surface area contributed by atoms with Crippen LogP contribution in [0.3, 0.4) is 0 Å². The van der Waals surface area contributed by atoms with E-state index in [1.807, 2.05) is 6.20 Å². The van der Waals surface area contributed by atoms with Gasteiger partial charge < -0.3 is 9.88 Å². The van der Waals surface area contributed by atoms with E-state index < -0.39 is 0 Å². The van der Waals surface area contributed by atoms with E-state index in [0.717, 1.165) is 25.0 Å². The zero-order valence-electron chi connectivity index (χ0n) is 10.7. The summed E-state index contributed by atoms with van der Waals surface area (Å²) in [5.74, 6) is 1.11. The molecule has 0 amide bonds. The van der Waals surface area contributed by atoms with Crippen molar-refractivity contribution in [2.75, 3.05) is 6.54 Å². The molecule has 0 aliphatic heterocycles. The molecule has 90 valence electrons. The second-order valence-electron chi connectivity index (χ2n) is 5.73. The molecule has 1 aromatic rings. The molecule has 1 saturated carbocycles. The van der Waals surface area contributed by atoms with Gasteiger partial charge in [0.05, 0.1) is 0 Å². The van der Waals surface area contributed by atoms with Crippen molar-refractivity contribution in [3.63, 3.8) is 0 Å². The van der Waals surface area contributed by atoms with Crippen LogP contribution in [0.4, 0.5) is 0 Å². The summed E-state index contributed by atoms with van der Waals surface area (Å²) in [7, 11) is 0. The monoisotopic (exact) mass is 221 g/mol. The molecular weight excluding hydrogens is 198 g/mol. The average molecular weight is 221 g/mol. The summed E-state index contributed by atoms with van der Waals surface area (Å²) in [6.07, 6.45) is 7.92. The molecule has 1 fully saturated rings. The van der Waals surface area contributed by atoms with Crippen molar-refractivity contribution < 1.29 is 0 Å². The second kappa shape index (κ2) is 4.58. The Bertz CT molecular complexity index is 341. The maximum Gasteiger partial charge on any atom is 0.105 e. The first kappa shape index (κ1) is 11.6. The Balaban J connectivity index is 1.71. The highest BCUT2D eigenvalue weighted by Gasteiger charge is 2.30. The van der Waals surface area contributed by atoms with Crippen LogP contribution in [-0.2, 0) is 6.54 Å². The highest BCUT2D eigenvalue weighted by molar-refractivity contribution is 4.89. The minimum Gasteiger partial charge on any atom is -0.334 e. The zero-order valence-corrected chi connectivity index (χ0v) is 10.7. The van der Waals surface area contributed by atoms with E-state index in [1.54, 1.807) is 0 Å². The van der Waals surface area contributed by atoms with Crippen LogP contribution in [0, 0.1) is 12.3 Å². The van der Waals surface area contributed by atoms with Gasteiger partial charge >= 0.3 is 0 Å². The van der Waals surface area contributed by atoms with Crippen molar-refractivity contribution in [3.8, 4) is 0 Å². The Morgan fingerprint density at radius 2 is 2.38 bits per heavy atom. The van der Waals surface area contributed by atoms with Crippen LogP contribution in [0.1, 0.15) is 38.9 Å². The van der Waals surface area contributed by atoms with Gasteiger partial charge in [-0.15, -0.1) is 0 Å². The van der Waals surface area contributed by atoms with Crippen LogP contribution in [0.5, 0.6) is 0 Å². The second-order valence-corrected chi connectivity index (χ2v) is 5.73. The van der Waals surface area contributed by atoms with Crippen LogP contribution in [0.2, 0.25) is 0 Å². The van der Waals surface area contributed by atoms with Gasteiger partial charge in [-0.2, -0.15) is 0 Å². The van der Waals surface area contributed by atoms with Crippen LogP contribution in [0.25, 0.3) is 0 Å². The number of aromatic nitrogens is 2. The van der Waals surface area contributed by atoms with Gasteiger partial charge in [0.15, 0.2) is 0 Å². The molecule has 1 aliphatic carbocycles. The predicted octanol–water partition coefficient (Wildman–Crippen LogP) is 2.36. The number of aryl methyl sites for hydroxylation is 1. The lowest BCUT2D eigenvalue weighted by Crippen LogP contribution is -2.30. The number of hydrogen-bond donors (Lipinski definition) is 1. The fraction of sp³-hybridized carbons (Fsp3) is 0.769. The van der Waals surface area contributed by atoms with Crippen molar-refractivity contribution >= 4 is 0 Å². The van der Waals surface area contributed by atoms with E-state index in [-0.39, 0.29) is 0 Å². The summed E-state index contributed by atoms with van der Waals surface area (Å²) in [5, 5.41) is 3.65. The molecule has 1 heterocycles. The highest BCUT2D eigenvalue weighted by Crippen LogP contribution is 2.36. The molecule has 16 heavy (non-hydrogen) atoms. The molecule has 0 radical (unpaired) electrons. The number of rotatable bonds is 4. The van der Waals surface area contributed by atoms with Crippen molar-refractivity contribution in [1.29, 1.82) is 0 Å². The molecule has 0 saturated heterocycles. The Labute approximate surface area is 98.3 Å². The maximum atomic E-state index is 4.23. The summed E-state index contributed by atoms with van der Waals surface area (Å²) < 4.78 is 2.20. The van der Waals surface area contributed by atoms with E-state index >= 15 is 0 Å². The molecule has 2 rings (SSSR count). The SMILES string of the molecule is Cc1nccn1CCNC1CCC(C)(C)C1. The quantitative estimate of drug-likeness (QED) is 0.846. The lowest BCUT2D eigenvalue weighted by Gasteiger charge is -2.18. The average Bonchev–Trinajstić information content (AvgIpc) is 2.74. The van der Waals surface area contributed by atoms with E-state index in [1.165, 1.54) is 19.3 Å². The number of imidazole rings is 1. The lowest BCUT2D eigenvalue weighted by molar-refractivity contribution is 0.363. The Kier molecular flexibility index (Phi) is 3.33. The largest absolute Gasteiger partial charge is 0.334 e. The molecule has 1 aliphatic rings. The molecule has 1 N–H and O–H groups in total. The summed E-state index contributed by atoms with van der Waals surface area (Å²) in [6, 6.07) is 0.721. The lowest BCUT2D eigenvalue weighted by atomic mass is 9.92. The van der Waals surface area contributed by atoms with Gasteiger partial charge in [-0.25, -0.2) is 4.98 Å². The molecule has 0 aromatic carbocycles. The molecule has 0 spiro atoms. The third-order valence-electron chi connectivity index (χ3n) is 3.68. The Morgan fingerprint density at radius 3 is 2.94 bits per heavy atom. The smallest absolute Gasteiger partial charge is 0.105 e. The van der Waals surface area contributed by atoms with Gasteiger partial charge in [-0.3, -0.25) is 0 Å². The third kappa shape index (κ3) is 2.85. The summed E-state index contributed by atoms with van der Waals surface area (Å²) in [5.41, 5.74) is 0.544. The molecular formula is C13H23N3. The summed E-state index contributed by atoms with van der Waals surface area (Å²) in [6.45, 7) is 8.88. The van der Waals surface area contributed by atoms with E-state index in [4.69, 9.17) is 0 Å². The van der Waals surface area contributed by atoms with Crippen molar-refractivity contribution in [3.05, 3.63) is 18.2 Å². The topological polar surface area (TPSA) is 29.9 Å². The maximum absolute atomic E-state index is 4.23. The molecule has 1 unspecified atom stereocenters. The molecule has 1 aromatic heterocycles. The fourth-order valence-electron chi connectivity index (χ4n) is 2.64. The van der Waals surface area contributed by atoms with Gasteiger partial charge in [0.2, 0.25) is 0 Å². The van der Waals surface area contributed by atoms with Crippen LogP contribution < -0.4 is 5.32 Å². The minimum absolute atomic E-state index is 0.544. The van der Waals surface area contributed by atoms with Gasteiger partial charge in [-0.05, 0) is 31.6 Å². The normalized spacial score (nSPS) is 23.8. The zero-order chi connectivity index (χ0) is 11.6. The first-order chi connectivity index (χ1) is 7.57. The summed E-state index contributed by atoms with van der Waals surface area (Å²) in [4.78, 5) is 4.23. The van der Waals surface area contributed by atoms with Crippen LogP contribution in [-0.4, -0.2) is 22.1 Å². The van der Waals surface area contributed by atoms with Gasteiger partial charge in [0.1, 0.15) is 5.82 Å². The van der Waals surface area contributed by atoms with Crippen LogP contribution in [0.15, 0.2) is 12.4 Å². The number of nitrogens with one attached hydrogen (secondary N) is 1. The molecule has 3 heteroatoms. The first-order valence-corrected chi connectivity index (χ1v) is 6.28. The number of nitrogens with zero attached hydrogens (tertiary/aromatic N) is 2. The molecule has 0 bridgehead atoms. The first-order valence-electron chi connectivity index (χ1n) is 6.28. The van der Waals surface area contributed by atoms with E-state index in [2.05, 4.69) is 41.8 Å².